The summed E-state index contributed by atoms with van der Waals surface area (Å²) in [7, 11) is 3.17. The standard InChI is InChI=1S/C26H33N7O5/c1-35-23-14-19-13-20(26(34)27-22(19)15-24(23)36-2)16-32(7-4-6-31-8-11-37-12-9-31)18-25-28-29-30-33(25)17-21-5-3-10-38-21/h3,5,10,13-15H,4,6-9,11-12,16-18H2,1-2H3,(H,27,34). The van der Waals surface area contributed by atoms with E-state index < -0.39 is 0 Å². The van der Waals surface area contributed by atoms with Crippen LogP contribution in [-0.2, 0) is 24.4 Å². The molecule has 0 amide bonds. The topological polar surface area (TPSA) is 124 Å². The van der Waals surface area contributed by atoms with Gasteiger partial charge < -0.3 is 23.6 Å². The molecule has 3 aromatic heterocycles. The molecule has 1 aromatic carbocycles. The minimum absolute atomic E-state index is 0.141. The second kappa shape index (κ2) is 12.2. The van der Waals surface area contributed by atoms with Gasteiger partial charge in [0.2, 0.25) is 0 Å². The normalized spacial score (nSPS) is 14.4. The number of hydrogen-bond donors (Lipinski definition) is 1. The third-order valence-electron chi connectivity index (χ3n) is 6.73. The first-order chi connectivity index (χ1) is 18.6. The predicted molar refractivity (Wildman–Crippen MR) is 139 cm³/mol. The lowest BCUT2D eigenvalue weighted by molar-refractivity contribution is 0.0358. The minimum atomic E-state index is -0.141. The fourth-order valence-corrected chi connectivity index (χ4v) is 4.70. The molecular weight excluding hydrogens is 490 g/mol. The summed E-state index contributed by atoms with van der Waals surface area (Å²) < 4.78 is 23.5. The van der Waals surface area contributed by atoms with Crippen LogP contribution in [0.15, 0.2) is 45.8 Å². The van der Waals surface area contributed by atoms with Gasteiger partial charge in [-0.2, -0.15) is 0 Å². The maximum absolute atomic E-state index is 13.1. The molecule has 4 heterocycles. The summed E-state index contributed by atoms with van der Waals surface area (Å²) in [5, 5.41) is 13.2. The molecule has 1 fully saturated rings. The van der Waals surface area contributed by atoms with Crippen LogP contribution < -0.4 is 15.0 Å². The number of hydrogen-bond acceptors (Lipinski definition) is 10. The van der Waals surface area contributed by atoms with Crippen LogP contribution in [0.4, 0.5) is 0 Å². The van der Waals surface area contributed by atoms with E-state index in [0.717, 1.165) is 57.0 Å². The van der Waals surface area contributed by atoms with Crippen LogP contribution in [0.1, 0.15) is 23.6 Å². The molecule has 0 radical (unpaired) electrons. The van der Waals surface area contributed by atoms with Crippen molar-refractivity contribution in [3.05, 3.63) is 64.1 Å². The largest absolute Gasteiger partial charge is 0.493 e. The van der Waals surface area contributed by atoms with Gasteiger partial charge in [0.15, 0.2) is 17.3 Å². The number of methoxy groups -OCH3 is 2. The summed E-state index contributed by atoms with van der Waals surface area (Å²) >= 11 is 0. The number of fused-ring (bicyclic) bond motifs is 1. The monoisotopic (exact) mass is 523 g/mol. The van der Waals surface area contributed by atoms with E-state index in [1.165, 1.54) is 0 Å². The van der Waals surface area contributed by atoms with Crippen LogP contribution in [0.25, 0.3) is 10.9 Å². The number of aromatic nitrogens is 5. The van der Waals surface area contributed by atoms with Crippen molar-refractivity contribution in [2.75, 3.05) is 53.6 Å². The van der Waals surface area contributed by atoms with Crippen molar-refractivity contribution in [3.8, 4) is 11.5 Å². The number of ether oxygens (including phenoxy) is 3. The maximum atomic E-state index is 13.1. The van der Waals surface area contributed by atoms with Gasteiger partial charge in [-0.25, -0.2) is 4.68 Å². The van der Waals surface area contributed by atoms with Crippen molar-refractivity contribution < 1.29 is 18.6 Å². The van der Waals surface area contributed by atoms with Crippen LogP contribution in [-0.4, -0.2) is 88.6 Å². The fourth-order valence-electron chi connectivity index (χ4n) is 4.70. The van der Waals surface area contributed by atoms with Crippen molar-refractivity contribution in [2.24, 2.45) is 0 Å². The van der Waals surface area contributed by atoms with Crippen molar-refractivity contribution in [1.29, 1.82) is 0 Å². The summed E-state index contributed by atoms with van der Waals surface area (Å²) in [6, 6.07) is 9.30. The Morgan fingerprint density at radius 3 is 2.68 bits per heavy atom. The van der Waals surface area contributed by atoms with Crippen molar-refractivity contribution in [2.45, 2.75) is 26.1 Å². The highest BCUT2D eigenvalue weighted by molar-refractivity contribution is 5.83. The Bertz CT molecular complexity index is 1380. The maximum Gasteiger partial charge on any atom is 0.252 e. The van der Waals surface area contributed by atoms with Gasteiger partial charge in [0.1, 0.15) is 12.3 Å². The van der Waals surface area contributed by atoms with Crippen LogP contribution >= 0.6 is 0 Å². The SMILES string of the molecule is COc1cc2cc(CN(CCCN3CCOCC3)Cc3nnnn3Cc3ccco3)c(=O)[nH]c2cc1OC. The van der Waals surface area contributed by atoms with Gasteiger partial charge in [-0.1, -0.05) is 0 Å². The first-order valence-electron chi connectivity index (χ1n) is 12.7. The van der Waals surface area contributed by atoms with E-state index in [1.54, 1.807) is 31.2 Å². The molecule has 0 bridgehead atoms. The smallest absolute Gasteiger partial charge is 0.252 e. The first kappa shape index (κ1) is 25.9. The number of H-pyrrole nitrogens is 1. The zero-order valence-electron chi connectivity index (χ0n) is 21.8. The molecule has 0 aliphatic carbocycles. The van der Waals surface area contributed by atoms with E-state index >= 15 is 0 Å². The first-order valence-corrected chi connectivity index (χ1v) is 12.7. The van der Waals surface area contributed by atoms with Gasteiger partial charge in [0, 0.05) is 43.2 Å². The molecule has 0 spiro atoms. The second-order valence-corrected chi connectivity index (χ2v) is 9.27. The molecule has 1 N–H and O–H groups in total. The van der Waals surface area contributed by atoms with Gasteiger partial charge in [-0.05, 0) is 47.7 Å². The molecule has 1 aliphatic heterocycles. The van der Waals surface area contributed by atoms with Crippen molar-refractivity contribution >= 4 is 10.9 Å². The molecule has 4 aromatic rings. The number of morpholine rings is 1. The molecule has 202 valence electrons. The summed E-state index contributed by atoms with van der Waals surface area (Å²) in [6.45, 7) is 6.52. The van der Waals surface area contributed by atoms with Gasteiger partial charge in [0.25, 0.3) is 5.56 Å². The van der Waals surface area contributed by atoms with Gasteiger partial charge in [0.05, 0.1) is 45.8 Å². The Hall–Kier alpha value is -3.74. The number of tetrazole rings is 1. The van der Waals surface area contributed by atoms with E-state index in [2.05, 4.69) is 30.3 Å². The summed E-state index contributed by atoms with van der Waals surface area (Å²) in [6.07, 6.45) is 2.57. The van der Waals surface area contributed by atoms with E-state index in [0.29, 0.717) is 48.0 Å². The Morgan fingerprint density at radius 1 is 1.11 bits per heavy atom. The van der Waals surface area contributed by atoms with E-state index in [9.17, 15) is 4.79 Å². The molecule has 0 unspecified atom stereocenters. The number of aromatic amines is 1. The third-order valence-corrected chi connectivity index (χ3v) is 6.73. The molecule has 1 aliphatic rings. The Morgan fingerprint density at radius 2 is 1.92 bits per heavy atom. The molecule has 12 heteroatoms. The number of furan rings is 1. The van der Waals surface area contributed by atoms with E-state index in [-0.39, 0.29) is 5.56 Å². The van der Waals surface area contributed by atoms with Gasteiger partial charge in [-0.3, -0.25) is 14.6 Å². The average molecular weight is 524 g/mol. The Labute approximate surface area is 220 Å². The highest BCUT2D eigenvalue weighted by Gasteiger charge is 2.18. The molecule has 0 atom stereocenters. The van der Waals surface area contributed by atoms with Crippen LogP contribution in [0.5, 0.6) is 11.5 Å². The fraction of sp³-hybridized carbons (Fsp3) is 0.462. The van der Waals surface area contributed by atoms with Crippen molar-refractivity contribution in [3.63, 3.8) is 0 Å². The average Bonchev–Trinajstić information content (AvgIpc) is 3.61. The van der Waals surface area contributed by atoms with Crippen LogP contribution in [0.2, 0.25) is 0 Å². The summed E-state index contributed by atoms with van der Waals surface area (Å²) in [5.41, 5.74) is 1.21. The van der Waals surface area contributed by atoms with Crippen LogP contribution in [0.3, 0.4) is 0 Å². The number of nitrogens with zero attached hydrogens (tertiary/aromatic N) is 6. The zero-order valence-corrected chi connectivity index (χ0v) is 21.8. The number of pyridine rings is 1. The summed E-state index contributed by atoms with van der Waals surface area (Å²) in [4.78, 5) is 20.7. The summed E-state index contributed by atoms with van der Waals surface area (Å²) in [5.74, 6) is 2.65. The molecule has 0 saturated carbocycles. The minimum Gasteiger partial charge on any atom is -0.493 e. The second-order valence-electron chi connectivity index (χ2n) is 9.27. The van der Waals surface area contributed by atoms with E-state index in [4.69, 9.17) is 18.6 Å². The third kappa shape index (κ3) is 6.21. The lowest BCUT2D eigenvalue weighted by Crippen LogP contribution is -2.38. The lowest BCUT2D eigenvalue weighted by Gasteiger charge is -2.28. The number of benzene rings is 1. The van der Waals surface area contributed by atoms with Crippen molar-refractivity contribution in [1.82, 2.24) is 35.0 Å². The molecule has 1 saturated heterocycles. The van der Waals surface area contributed by atoms with Gasteiger partial charge >= 0.3 is 0 Å². The van der Waals surface area contributed by atoms with Crippen LogP contribution in [0, 0.1) is 0 Å². The Kier molecular flexibility index (Phi) is 8.31. The molecule has 12 nitrogen and oxygen atoms in total. The quantitative estimate of drug-likeness (QED) is 0.294. The zero-order chi connectivity index (χ0) is 26.3. The van der Waals surface area contributed by atoms with E-state index in [1.807, 2.05) is 24.3 Å². The highest BCUT2D eigenvalue weighted by Crippen LogP contribution is 2.31. The number of nitrogens with one attached hydrogen (secondary N) is 1. The van der Waals surface area contributed by atoms with Gasteiger partial charge in [-0.15, -0.1) is 5.10 Å². The molecular formula is C26H33N7O5. The highest BCUT2D eigenvalue weighted by atomic mass is 16.5. The molecule has 5 rings (SSSR count). The predicted octanol–water partition coefficient (Wildman–Crippen LogP) is 1.90. The number of rotatable bonds is 12. The lowest BCUT2D eigenvalue weighted by atomic mass is 10.1. The Balaban J connectivity index is 1.37. The molecule has 38 heavy (non-hydrogen) atoms.